The monoisotopic (exact) mass is 475 g/mol. The van der Waals surface area contributed by atoms with Crippen LogP contribution in [0.4, 0.5) is 16.2 Å². The average Bonchev–Trinajstić information content (AvgIpc) is 3.41. The Balaban J connectivity index is 1.35. The molecule has 2 heterocycles. The van der Waals surface area contributed by atoms with Gasteiger partial charge in [0.05, 0.1) is 23.9 Å². The molecule has 180 valence electrons. The first kappa shape index (κ1) is 23.6. The summed E-state index contributed by atoms with van der Waals surface area (Å²) in [5.74, 6) is -1.85. The normalized spacial score (nSPS) is 13.6. The summed E-state index contributed by atoms with van der Waals surface area (Å²) in [5, 5.41) is 5.45. The average molecular weight is 476 g/mol. The van der Waals surface area contributed by atoms with Crippen LogP contribution in [0.1, 0.15) is 22.8 Å². The molecule has 1 fully saturated rings. The van der Waals surface area contributed by atoms with Crippen LogP contribution in [0.2, 0.25) is 0 Å². The topological polar surface area (TPSA) is 138 Å². The van der Waals surface area contributed by atoms with Crippen LogP contribution in [0.15, 0.2) is 65.5 Å². The highest BCUT2D eigenvalue weighted by Crippen LogP contribution is 2.28. The summed E-state index contributed by atoms with van der Waals surface area (Å²) in [6.07, 6.45) is 3.17. The third kappa shape index (κ3) is 5.16. The number of carbonyl (C=O) groups is 4. The number of anilines is 2. The molecule has 0 atom stereocenters. The van der Waals surface area contributed by atoms with Crippen molar-refractivity contribution in [2.75, 3.05) is 30.7 Å². The third-order valence-corrected chi connectivity index (χ3v) is 5.75. The number of rotatable bonds is 6. The fourth-order valence-electron chi connectivity index (χ4n) is 3.68. The first-order chi connectivity index (χ1) is 16.9. The SMILES string of the molecule is CCN1CCN(C(=O)NCc2ccc(C(=O)Nc3cc(-c4ccoc4)ccc3N)cc2)C(=O)C1=O. The van der Waals surface area contributed by atoms with Gasteiger partial charge in [-0.2, -0.15) is 0 Å². The number of furan rings is 1. The van der Waals surface area contributed by atoms with Crippen molar-refractivity contribution in [1.29, 1.82) is 0 Å². The lowest BCUT2D eigenvalue weighted by molar-refractivity contribution is -0.153. The van der Waals surface area contributed by atoms with Crippen LogP contribution in [0, 0.1) is 0 Å². The van der Waals surface area contributed by atoms with Crippen molar-refractivity contribution in [3.63, 3.8) is 0 Å². The molecule has 0 bridgehead atoms. The summed E-state index contributed by atoms with van der Waals surface area (Å²) in [4.78, 5) is 51.6. The van der Waals surface area contributed by atoms with Gasteiger partial charge in [0.2, 0.25) is 0 Å². The minimum atomic E-state index is -0.835. The molecule has 5 amide bonds. The molecule has 1 aliphatic heterocycles. The van der Waals surface area contributed by atoms with Crippen LogP contribution in [-0.4, -0.2) is 53.2 Å². The summed E-state index contributed by atoms with van der Waals surface area (Å²) in [6, 6.07) is 13.2. The van der Waals surface area contributed by atoms with Gasteiger partial charge in [-0.05, 0) is 48.4 Å². The maximum absolute atomic E-state index is 12.7. The zero-order chi connectivity index (χ0) is 24.9. The maximum atomic E-state index is 12.7. The van der Waals surface area contributed by atoms with Crippen molar-refractivity contribution in [1.82, 2.24) is 15.1 Å². The van der Waals surface area contributed by atoms with Gasteiger partial charge in [-0.3, -0.25) is 19.3 Å². The van der Waals surface area contributed by atoms with Crippen molar-refractivity contribution in [3.05, 3.63) is 72.2 Å². The minimum absolute atomic E-state index is 0.135. The second kappa shape index (κ2) is 10.1. The van der Waals surface area contributed by atoms with Gasteiger partial charge in [-0.25, -0.2) is 4.79 Å². The van der Waals surface area contributed by atoms with Gasteiger partial charge in [-0.1, -0.05) is 18.2 Å². The summed E-state index contributed by atoms with van der Waals surface area (Å²) in [6.45, 7) is 2.79. The van der Waals surface area contributed by atoms with Crippen LogP contribution >= 0.6 is 0 Å². The third-order valence-electron chi connectivity index (χ3n) is 5.75. The van der Waals surface area contributed by atoms with Gasteiger partial charge in [0.1, 0.15) is 0 Å². The van der Waals surface area contributed by atoms with Crippen molar-refractivity contribution >= 4 is 35.1 Å². The van der Waals surface area contributed by atoms with E-state index in [1.54, 1.807) is 55.8 Å². The van der Waals surface area contributed by atoms with Crippen LogP contribution < -0.4 is 16.4 Å². The second-order valence-electron chi connectivity index (χ2n) is 7.97. The molecule has 10 heteroatoms. The smallest absolute Gasteiger partial charge is 0.324 e. The van der Waals surface area contributed by atoms with E-state index in [1.807, 2.05) is 12.1 Å². The van der Waals surface area contributed by atoms with Gasteiger partial charge in [0.15, 0.2) is 0 Å². The molecule has 4 rings (SSSR count). The highest BCUT2D eigenvalue weighted by Gasteiger charge is 2.35. The quantitative estimate of drug-likeness (QED) is 0.370. The number of benzene rings is 2. The number of nitrogens with zero attached hydrogens (tertiary/aromatic N) is 2. The minimum Gasteiger partial charge on any atom is -0.472 e. The Labute approximate surface area is 201 Å². The van der Waals surface area contributed by atoms with Crippen LogP contribution in [-0.2, 0) is 16.1 Å². The number of carbonyl (C=O) groups excluding carboxylic acids is 4. The first-order valence-electron chi connectivity index (χ1n) is 11.1. The summed E-state index contributed by atoms with van der Waals surface area (Å²) < 4.78 is 5.11. The van der Waals surface area contributed by atoms with E-state index in [-0.39, 0.29) is 19.0 Å². The predicted molar refractivity (Wildman–Crippen MR) is 129 cm³/mol. The van der Waals surface area contributed by atoms with E-state index < -0.39 is 17.8 Å². The number of nitrogens with two attached hydrogens (primary N) is 1. The second-order valence-corrected chi connectivity index (χ2v) is 7.97. The van der Waals surface area contributed by atoms with Crippen LogP contribution in [0.25, 0.3) is 11.1 Å². The van der Waals surface area contributed by atoms with Crippen molar-refractivity contribution in [2.45, 2.75) is 13.5 Å². The number of piperazine rings is 1. The van der Waals surface area contributed by atoms with Crippen molar-refractivity contribution in [3.8, 4) is 11.1 Å². The first-order valence-corrected chi connectivity index (χ1v) is 11.1. The van der Waals surface area contributed by atoms with Crippen molar-refractivity contribution < 1.29 is 23.6 Å². The number of urea groups is 1. The van der Waals surface area contributed by atoms with Gasteiger partial charge in [-0.15, -0.1) is 0 Å². The van der Waals surface area contributed by atoms with E-state index >= 15 is 0 Å². The van der Waals surface area contributed by atoms with E-state index in [0.717, 1.165) is 21.6 Å². The molecular formula is C25H25N5O5. The van der Waals surface area contributed by atoms with Gasteiger partial charge in [0, 0.05) is 37.3 Å². The molecule has 1 aromatic heterocycles. The standard InChI is InChI=1S/C25H25N5O5/c1-2-29-10-11-30(24(33)23(29)32)25(34)27-14-16-3-5-17(6-4-16)22(31)28-21-13-18(7-8-20(21)26)19-9-12-35-15-19/h3-9,12-13,15H,2,10-11,14,26H2,1H3,(H,27,34)(H,28,31). The number of likely N-dealkylation sites (N-methyl/N-ethyl adjacent to an activating group) is 1. The van der Waals surface area contributed by atoms with E-state index in [2.05, 4.69) is 10.6 Å². The molecule has 0 radical (unpaired) electrons. The van der Waals surface area contributed by atoms with E-state index in [9.17, 15) is 19.2 Å². The van der Waals surface area contributed by atoms with Crippen molar-refractivity contribution in [2.24, 2.45) is 0 Å². The summed E-state index contributed by atoms with van der Waals surface area (Å²) in [7, 11) is 0. The Kier molecular flexibility index (Phi) is 6.81. The molecule has 0 aliphatic carbocycles. The molecule has 1 saturated heterocycles. The molecule has 0 saturated carbocycles. The number of imide groups is 1. The molecule has 4 N–H and O–H groups in total. The van der Waals surface area contributed by atoms with Crippen LogP contribution in [0.5, 0.6) is 0 Å². The summed E-state index contributed by atoms with van der Waals surface area (Å²) >= 11 is 0. The molecule has 0 unspecified atom stereocenters. The highest BCUT2D eigenvalue weighted by atomic mass is 16.3. The number of nitrogens with one attached hydrogen (secondary N) is 2. The Morgan fingerprint density at radius 2 is 1.77 bits per heavy atom. The number of nitrogen functional groups attached to an aromatic ring is 1. The molecular weight excluding hydrogens is 450 g/mol. The Hall–Kier alpha value is -4.60. The lowest BCUT2D eigenvalue weighted by Gasteiger charge is -2.31. The van der Waals surface area contributed by atoms with Gasteiger partial charge in [0.25, 0.3) is 5.91 Å². The highest BCUT2D eigenvalue weighted by molar-refractivity contribution is 6.38. The molecule has 2 aromatic carbocycles. The lowest BCUT2D eigenvalue weighted by atomic mass is 10.1. The Bertz CT molecular complexity index is 1250. The largest absolute Gasteiger partial charge is 0.472 e. The van der Waals surface area contributed by atoms with Gasteiger partial charge >= 0.3 is 17.8 Å². The number of hydrogen-bond acceptors (Lipinski definition) is 6. The fraction of sp³-hybridized carbons (Fsp3) is 0.200. The number of hydrogen-bond donors (Lipinski definition) is 3. The molecule has 35 heavy (non-hydrogen) atoms. The summed E-state index contributed by atoms with van der Waals surface area (Å²) in [5.41, 5.74) is 9.78. The molecule has 1 aliphatic rings. The fourth-order valence-corrected chi connectivity index (χ4v) is 3.68. The Morgan fingerprint density at radius 3 is 2.46 bits per heavy atom. The van der Waals surface area contributed by atoms with Gasteiger partial charge < -0.3 is 25.7 Å². The van der Waals surface area contributed by atoms with E-state index in [1.165, 1.54) is 4.90 Å². The zero-order valence-electron chi connectivity index (χ0n) is 19.1. The molecule has 3 aromatic rings. The van der Waals surface area contributed by atoms with E-state index in [4.69, 9.17) is 10.2 Å². The number of amides is 5. The molecule has 0 spiro atoms. The van der Waals surface area contributed by atoms with Crippen LogP contribution in [0.3, 0.4) is 0 Å². The zero-order valence-corrected chi connectivity index (χ0v) is 19.1. The predicted octanol–water partition coefficient (Wildman–Crippen LogP) is 2.68. The van der Waals surface area contributed by atoms with E-state index in [0.29, 0.717) is 30.0 Å². The lowest BCUT2D eigenvalue weighted by Crippen LogP contribution is -2.58. The molecule has 10 nitrogen and oxygen atoms in total. The Morgan fingerprint density at radius 1 is 1.00 bits per heavy atom. The maximum Gasteiger partial charge on any atom is 0.324 e.